The molecule has 0 aliphatic heterocycles. The molecule has 0 spiro atoms. The fourth-order valence-electron chi connectivity index (χ4n) is 2.21. The Balaban J connectivity index is 1.65. The molecule has 0 unspecified atom stereocenters. The summed E-state index contributed by atoms with van der Waals surface area (Å²) < 4.78 is 5.61. The maximum absolute atomic E-state index is 12.0. The number of amides is 2. The standard InChI is InChI=1S/C20H24N2O3/c1-16-8-10-18(11-9-16)25-13-12-22(2)20(24)15-21-19(23)14-17-6-4-3-5-7-17/h3-11H,12-15H2,1-2H3,(H,21,23). The van der Waals surface area contributed by atoms with Crippen molar-refractivity contribution in [2.45, 2.75) is 13.3 Å². The number of ether oxygens (including phenoxy) is 1. The molecule has 0 heterocycles. The van der Waals surface area contributed by atoms with Crippen LogP contribution < -0.4 is 10.1 Å². The highest BCUT2D eigenvalue weighted by Gasteiger charge is 2.11. The molecule has 5 nitrogen and oxygen atoms in total. The zero-order chi connectivity index (χ0) is 18.1. The lowest BCUT2D eigenvalue weighted by atomic mass is 10.1. The molecule has 0 bridgehead atoms. The van der Waals surface area contributed by atoms with Crippen molar-refractivity contribution in [1.82, 2.24) is 10.2 Å². The summed E-state index contributed by atoms with van der Waals surface area (Å²) in [5.74, 6) is 0.473. The highest BCUT2D eigenvalue weighted by atomic mass is 16.5. The first-order valence-electron chi connectivity index (χ1n) is 8.28. The Kier molecular flexibility index (Phi) is 7.01. The van der Waals surface area contributed by atoms with E-state index in [1.54, 1.807) is 11.9 Å². The Labute approximate surface area is 148 Å². The molecule has 0 atom stereocenters. The Morgan fingerprint density at radius 3 is 2.40 bits per heavy atom. The van der Waals surface area contributed by atoms with E-state index >= 15 is 0 Å². The zero-order valence-electron chi connectivity index (χ0n) is 14.7. The summed E-state index contributed by atoms with van der Waals surface area (Å²) in [4.78, 5) is 25.5. The molecule has 0 aromatic heterocycles. The summed E-state index contributed by atoms with van der Waals surface area (Å²) in [5, 5.41) is 2.66. The second kappa shape index (κ2) is 9.47. The summed E-state index contributed by atoms with van der Waals surface area (Å²) in [6.45, 7) is 2.87. The largest absolute Gasteiger partial charge is 0.492 e. The van der Waals surface area contributed by atoms with Crippen LogP contribution in [0.5, 0.6) is 5.75 Å². The van der Waals surface area contributed by atoms with Gasteiger partial charge in [0, 0.05) is 7.05 Å². The van der Waals surface area contributed by atoms with Crippen molar-refractivity contribution >= 4 is 11.8 Å². The van der Waals surface area contributed by atoms with Gasteiger partial charge in [0.05, 0.1) is 19.5 Å². The maximum atomic E-state index is 12.0. The molecule has 25 heavy (non-hydrogen) atoms. The molecule has 2 aromatic rings. The van der Waals surface area contributed by atoms with Crippen LogP contribution in [0.3, 0.4) is 0 Å². The quantitative estimate of drug-likeness (QED) is 0.801. The number of rotatable bonds is 8. The van der Waals surface area contributed by atoms with E-state index in [9.17, 15) is 9.59 Å². The minimum atomic E-state index is -0.163. The van der Waals surface area contributed by atoms with Crippen molar-refractivity contribution < 1.29 is 14.3 Å². The van der Waals surface area contributed by atoms with Crippen molar-refractivity contribution in [3.05, 3.63) is 65.7 Å². The number of aryl methyl sites for hydroxylation is 1. The summed E-state index contributed by atoms with van der Waals surface area (Å²) in [6.07, 6.45) is 0.272. The van der Waals surface area contributed by atoms with Crippen molar-refractivity contribution in [3.63, 3.8) is 0 Å². The van der Waals surface area contributed by atoms with E-state index in [1.807, 2.05) is 61.5 Å². The van der Waals surface area contributed by atoms with Crippen LogP contribution in [0.15, 0.2) is 54.6 Å². The summed E-state index contributed by atoms with van der Waals surface area (Å²) in [7, 11) is 1.70. The molecule has 0 aliphatic rings. The molecule has 0 saturated heterocycles. The molecule has 0 fully saturated rings. The minimum absolute atomic E-state index is 0.00724. The van der Waals surface area contributed by atoms with Gasteiger partial charge in [0.25, 0.3) is 0 Å². The molecule has 2 amide bonds. The molecule has 0 saturated carbocycles. The van der Waals surface area contributed by atoms with E-state index in [1.165, 1.54) is 5.56 Å². The normalized spacial score (nSPS) is 10.2. The predicted molar refractivity (Wildman–Crippen MR) is 97.5 cm³/mol. The van der Waals surface area contributed by atoms with Gasteiger partial charge in [-0.05, 0) is 24.6 Å². The van der Waals surface area contributed by atoms with Gasteiger partial charge in [-0.1, -0.05) is 48.0 Å². The molecule has 2 aromatic carbocycles. The average molecular weight is 340 g/mol. The number of hydrogen-bond donors (Lipinski definition) is 1. The van der Waals surface area contributed by atoms with E-state index in [2.05, 4.69) is 5.32 Å². The number of hydrogen-bond acceptors (Lipinski definition) is 3. The Morgan fingerprint density at radius 1 is 1.04 bits per heavy atom. The van der Waals surface area contributed by atoms with E-state index in [-0.39, 0.29) is 24.8 Å². The monoisotopic (exact) mass is 340 g/mol. The lowest BCUT2D eigenvalue weighted by Crippen LogP contribution is -2.40. The van der Waals surface area contributed by atoms with E-state index < -0.39 is 0 Å². The zero-order valence-corrected chi connectivity index (χ0v) is 14.7. The highest BCUT2D eigenvalue weighted by molar-refractivity contribution is 5.85. The average Bonchev–Trinajstić information content (AvgIpc) is 2.62. The third kappa shape index (κ3) is 6.67. The van der Waals surface area contributed by atoms with Gasteiger partial charge in [-0.3, -0.25) is 9.59 Å². The lowest BCUT2D eigenvalue weighted by molar-refractivity contribution is -0.131. The van der Waals surface area contributed by atoms with Crippen molar-refractivity contribution in [2.24, 2.45) is 0 Å². The molecule has 132 valence electrons. The molecular weight excluding hydrogens is 316 g/mol. The summed E-state index contributed by atoms with van der Waals surface area (Å²) in [6, 6.07) is 17.2. The molecule has 0 aliphatic carbocycles. The maximum Gasteiger partial charge on any atom is 0.241 e. The van der Waals surface area contributed by atoms with Crippen molar-refractivity contribution in [3.8, 4) is 5.75 Å². The van der Waals surface area contributed by atoms with Gasteiger partial charge >= 0.3 is 0 Å². The van der Waals surface area contributed by atoms with Crippen LogP contribution in [0.25, 0.3) is 0 Å². The van der Waals surface area contributed by atoms with Gasteiger partial charge in [-0.25, -0.2) is 0 Å². The van der Waals surface area contributed by atoms with E-state index in [0.29, 0.717) is 13.2 Å². The van der Waals surface area contributed by atoms with Crippen molar-refractivity contribution in [1.29, 1.82) is 0 Å². The van der Waals surface area contributed by atoms with Gasteiger partial charge in [-0.2, -0.15) is 0 Å². The molecule has 5 heteroatoms. The van der Waals surface area contributed by atoms with Crippen LogP contribution in [-0.4, -0.2) is 43.5 Å². The minimum Gasteiger partial charge on any atom is -0.492 e. The smallest absolute Gasteiger partial charge is 0.241 e. The topological polar surface area (TPSA) is 58.6 Å². The Morgan fingerprint density at radius 2 is 1.72 bits per heavy atom. The van der Waals surface area contributed by atoms with Crippen LogP contribution in [0, 0.1) is 6.92 Å². The van der Waals surface area contributed by atoms with Crippen LogP contribution in [-0.2, 0) is 16.0 Å². The van der Waals surface area contributed by atoms with E-state index in [4.69, 9.17) is 4.74 Å². The van der Waals surface area contributed by atoms with Crippen LogP contribution in [0.4, 0.5) is 0 Å². The number of carbonyl (C=O) groups is 2. The third-order valence-electron chi connectivity index (χ3n) is 3.79. The third-order valence-corrected chi connectivity index (χ3v) is 3.79. The highest BCUT2D eigenvalue weighted by Crippen LogP contribution is 2.11. The fraction of sp³-hybridized carbons (Fsp3) is 0.300. The number of carbonyl (C=O) groups excluding carboxylic acids is 2. The van der Waals surface area contributed by atoms with Gasteiger partial charge in [0.1, 0.15) is 12.4 Å². The van der Waals surface area contributed by atoms with Crippen LogP contribution in [0.2, 0.25) is 0 Å². The van der Waals surface area contributed by atoms with Gasteiger partial charge in [0.2, 0.25) is 11.8 Å². The first-order valence-corrected chi connectivity index (χ1v) is 8.28. The van der Waals surface area contributed by atoms with Gasteiger partial charge in [-0.15, -0.1) is 0 Å². The molecule has 0 radical (unpaired) electrons. The molecule has 2 rings (SSSR count). The Bertz CT molecular complexity index is 684. The fourth-order valence-corrected chi connectivity index (χ4v) is 2.21. The summed E-state index contributed by atoms with van der Waals surface area (Å²) >= 11 is 0. The SMILES string of the molecule is Cc1ccc(OCCN(C)C(=O)CNC(=O)Cc2ccccc2)cc1. The second-order valence-corrected chi connectivity index (χ2v) is 5.92. The molecule has 1 N–H and O–H groups in total. The van der Waals surface area contributed by atoms with Gasteiger partial charge in [0.15, 0.2) is 0 Å². The van der Waals surface area contributed by atoms with Crippen LogP contribution >= 0.6 is 0 Å². The van der Waals surface area contributed by atoms with Crippen LogP contribution in [0.1, 0.15) is 11.1 Å². The number of benzene rings is 2. The predicted octanol–water partition coefficient (Wildman–Crippen LogP) is 2.19. The van der Waals surface area contributed by atoms with Gasteiger partial charge < -0.3 is 15.0 Å². The van der Waals surface area contributed by atoms with Crippen molar-refractivity contribution in [2.75, 3.05) is 26.7 Å². The summed E-state index contributed by atoms with van der Waals surface area (Å²) in [5.41, 5.74) is 2.10. The number of nitrogens with zero attached hydrogens (tertiary/aromatic N) is 1. The molecular formula is C20H24N2O3. The second-order valence-electron chi connectivity index (χ2n) is 5.92. The number of likely N-dealkylation sites (N-methyl/N-ethyl adjacent to an activating group) is 1. The number of nitrogens with one attached hydrogen (secondary N) is 1. The first-order chi connectivity index (χ1) is 12.0. The Hall–Kier alpha value is -2.82. The van der Waals surface area contributed by atoms with E-state index in [0.717, 1.165) is 11.3 Å². The lowest BCUT2D eigenvalue weighted by Gasteiger charge is -2.18. The first kappa shape index (κ1) is 18.5.